The van der Waals surface area contributed by atoms with Crippen LogP contribution in [0.1, 0.15) is 18.5 Å². The number of sulfonamides is 1. The summed E-state index contributed by atoms with van der Waals surface area (Å²) in [7, 11) is -3.42. The minimum atomic E-state index is -3.42. The van der Waals surface area contributed by atoms with E-state index in [2.05, 4.69) is 9.71 Å². The zero-order chi connectivity index (χ0) is 12.3. The molecule has 0 spiro atoms. The highest BCUT2D eigenvalue weighted by molar-refractivity contribution is 7.91. The molecule has 0 bridgehead atoms. The van der Waals surface area contributed by atoms with Crippen molar-refractivity contribution in [2.75, 3.05) is 0 Å². The molecule has 0 aliphatic carbocycles. The van der Waals surface area contributed by atoms with Gasteiger partial charge in [0, 0.05) is 18.4 Å². The third-order valence-corrected chi connectivity index (χ3v) is 5.21. The lowest BCUT2D eigenvalue weighted by Gasteiger charge is -2.12. The maximum Gasteiger partial charge on any atom is 0.250 e. The van der Waals surface area contributed by atoms with Gasteiger partial charge < -0.3 is 0 Å². The van der Waals surface area contributed by atoms with Gasteiger partial charge in [-0.05, 0) is 30.0 Å². The summed E-state index contributed by atoms with van der Waals surface area (Å²) in [4.78, 5) is 3.97. The lowest BCUT2D eigenvalue weighted by molar-refractivity contribution is 0.568. The van der Waals surface area contributed by atoms with Crippen molar-refractivity contribution >= 4 is 21.4 Å². The third kappa shape index (κ3) is 2.91. The Labute approximate surface area is 104 Å². The van der Waals surface area contributed by atoms with Gasteiger partial charge in [-0.1, -0.05) is 12.1 Å². The van der Waals surface area contributed by atoms with Crippen molar-refractivity contribution in [3.8, 4) is 0 Å². The van der Waals surface area contributed by atoms with Gasteiger partial charge in [-0.25, -0.2) is 13.1 Å². The summed E-state index contributed by atoms with van der Waals surface area (Å²) in [6.07, 6.45) is 3.31. The number of nitrogens with zero attached hydrogens (tertiary/aromatic N) is 1. The molecule has 0 radical (unpaired) electrons. The molecule has 0 fully saturated rings. The molecule has 0 aromatic carbocycles. The fraction of sp³-hybridized carbons (Fsp3) is 0.182. The first-order chi connectivity index (χ1) is 8.09. The molecular formula is C11H12N2O2S2. The Bertz CT molecular complexity index is 565. The van der Waals surface area contributed by atoms with E-state index < -0.39 is 10.0 Å². The molecule has 1 N–H and O–H groups in total. The normalized spacial score (nSPS) is 13.5. The second-order valence-electron chi connectivity index (χ2n) is 3.56. The molecule has 90 valence electrons. The van der Waals surface area contributed by atoms with Crippen LogP contribution in [0.5, 0.6) is 0 Å². The zero-order valence-electron chi connectivity index (χ0n) is 9.20. The molecule has 0 amide bonds. The number of hydrogen-bond acceptors (Lipinski definition) is 4. The van der Waals surface area contributed by atoms with E-state index in [1.807, 2.05) is 6.07 Å². The Hall–Kier alpha value is -1.24. The minimum Gasteiger partial charge on any atom is -0.264 e. The fourth-order valence-corrected chi connectivity index (χ4v) is 3.65. The zero-order valence-corrected chi connectivity index (χ0v) is 10.8. The van der Waals surface area contributed by atoms with Crippen LogP contribution in [0.2, 0.25) is 0 Å². The van der Waals surface area contributed by atoms with E-state index in [0.717, 1.165) is 5.56 Å². The van der Waals surface area contributed by atoms with Crippen LogP contribution in [-0.4, -0.2) is 13.4 Å². The maximum absolute atomic E-state index is 12.0. The highest BCUT2D eigenvalue weighted by Crippen LogP contribution is 2.19. The summed E-state index contributed by atoms with van der Waals surface area (Å²) in [5.74, 6) is 0. The summed E-state index contributed by atoms with van der Waals surface area (Å²) in [6, 6.07) is 6.63. The van der Waals surface area contributed by atoms with Gasteiger partial charge in [0.2, 0.25) is 0 Å². The molecule has 0 aliphatic heterocycles. The largest absolute Gasteiger partial charge is 0.264 e. The Morgan fingerprint density at radius 2 is 2.18 bits per heavy atom. The number of hydrogen-bond donors (Lipinski definition) is 1. The molecule has 2 aromatic heterocycles. The van der Waals surface area contributed by atoms with Gasteiger partial charge in [-0.3, -0.25) is 4.98 Å². The van der Waals surface area contributed by atoms with Gasteiger partial charge in [-0.2, -0.15) is 0 Å². The molecular weight excluding hydrogens is 256 g/mol. The van der Waals surface area contributed by atoms with Crippen molar-refractivity contribution in [3.63, 3.8) is 0 Å². The van der Waals surface area contributed by atoms with Crippen LogP contribution in [0, 0.1) is 0 Å². The van der Waals surface area contributed by atoms with Crippen molar-refractivity contribution < 1.29 is 8.42 Å². The summed E-state index contributed by atoms with van der Waals surface area (Å²) >= 11 is 1.20. The van der Waals surface area contributed by atoms with Crippen LogP contribution < -0.4 is 4.72 Å². The molecule has 0 saturated carbocycles. The topological polar surface area (TPSA) is 59.1 Å². The number of thiophene rings is 1. The molecule has 1 unspecified atom stereocenters. The van der Waals surface area contributed by atoms with Crippen LogP contribution in [0.3, 0.4) is 0 Å². The lowest BCUT2D eigenvalue weighted by Crippen LogP contribution is -2.26. The molecule has 0 saturated heterocycles. The summed E-state index contributed by atoms with van der Waals surface area (Å²) in [5.41, 5.74) is 0.840. The molecule has 4 nitrogen and oxygen atoms in total. The first-order valence-electron chi connectivity index (χ1n) is 5.05. The van der Waals surface area contributed by atoms with Gasteiger partial charge in [-0.15, -0.1) is 11.3 Å². The van der Waals surface area contributed by atoms with Crippen molar-refractivity contribution in [3.05, 3.63) is 47.6 Å². The van der Waals surface area contributed by atoms with Crippen LogP contribution in [0.4, 0.5) is 0 Å². The van der Waals surface area contributed by atoms with Crippen LogP contribution in [0.25, 0.3) is 0 Å². The standard InChI is InChI=1S/C11H12N2O2S2/c1-9(10-4-2-6-12-8-10)13-17(14,15)11-5-3-7-16-11/h2-9,13H,1H3. The molecule has 2 rings (SSSR count). The molecule has 2 aromatic rings. The Balaban J connectivity index is 2.17. The van der Waals surface area contributed by atoms with Gasteiger partial charge in [0.05, 0.1) is 0 Å². The average Bonchev–Trinajstić information content (AvgIpc) is 2.84. The number of aromatic nitrogens is 1. The smallest absolute Gasteiger partial charge is 0.250 e. The van der Waals surface area contributed by atoms with Gasteiger partial charge in [0.15, 0.2) is 0 Å². The molecule has 6 heteroatoms. The van der Waals surface area contributed by atoms with Crippen LogP contribution in [-0.2, 0) is 10.0 Å². The Kier molecular flexibility index (Phi) is 3.56. The highest BCUT2D eigenvalue weighted by atomic mass is 32.2. The first kappa shape index (κ1) is 12.2. The van der Waals surface area contributed by atoms with Gasteiger partial charge >= 0.3 is 0 Å². The van der Waals surface area contributed by atoms with E-state index in [1.54, 1.807) is 42.9 Å². The summed E-state index contributed by atoms with van der Waals surface area (Å²) in [6.45, 7) is 1.79. The van der Waals surface area contributed by atoms with Crippen LogP contribution in [0.15, 0.2) is 46.2 Å². The van der Waals surface area contributed by atoms with E-state index >= 15 is 0 Å². The van der Waals surface area contributed by atoms with Gasteiger partial charge in [0.1, 0.15) is 4.21 Å². The van der Waals surface area contributed by atoms with E-state index in [1.165, 1.54) is 11.3 Å². The molecule has 17 heavy (non-hydrogen) atoms. The molecule has 1 atom stereocenters. The predicted molar refractivity (Wildman–Crippen MR) is 67.3 cm³/mol. The van der Waals surface area contributed by atoms with E-state index in [4.69, 9.17) is 0 Å². The van der Waals surface area contributed by atoms with Crippen molar-refractivity contribution in [1.82, 2.24) is 9.71 Å². The maximum atomic E-state index is 12.0. The number of pyridine rings is 1. The van der Waals surface area contributed by atoms with Crippen molar-refractivity contribution in [2.24, 2.45) is 0 Å². The Morgan fingerprint density at radius 3 is 2.76 bits per heavy atom. The minimum absolute atomic E-state index is 0.296. The van der Waals surface area contributed by atoms with Crippen molar-refractivity contribution in [1.29, 1.82) is 0 Å². The van der Waals surface area contributed by atoms with Crippen molar-refractivity contribution in [2.45, 2.75) is 17.2 Å². The third-order valence-electron chi connectivity index (χ3n) is 2.28. The SMILES string of the molecule is CC(NS(=O)(=O)c1cccs1)c1cccnc1. The number of nitrogens with one attached hydrogen (secondary N) is 1. The Morgan fingerprint density at radius 1 is 1.35 bits per heavy atom. The van der Waals surface area contributed by atoms with E-state index in [9.17, 15) is 8.42 Å². The summed E-state index contributed by atoms with van der Waals surface area (Å²) in [5, 5.41) is 1.74. The highest BCUT2D eigenvalue weighted by Gasteiger charge is 2.18. The lowest BCUT2D eigenvalue weighted by atomic mass is 10.2. The second-order valence-corrected chi connectivity index (χ2v) is 6.45. The molecule has 0 aliphatic rings. The first-order valence-corrected chi connectivity index (χ1v) is 7.41. The molecule has 2 heterocycles. The summed E-state index contributed by atoms with van der Waals surface area (Å²) < 4.78 is 26.9. The predicted octanol–water partition coefficient (Wildman–Crippen LogP) is 2.18. The van der Waals surface area contributed by atoms with Gasteiger partial charge in [0.25, 0.3) is 10.0 Å². The van der Waals surface area contributed by atoms with E-state index in [0.29, 0.717) is 4.21 Å². The quantitative estimate of drug-likeness (QED) is 0.924. The van der Waals surface area contributed by atoms with Crippen LogP contribution >= 0.6 is 11.3 Å². The van der Waals surface area contributed by atoms with E-state index in [-0.39, 0.29) is 6.04 Å². The number of rotatable bonds is 4. The average molecular weight is 268 g/mol. The monoisotopic (exact) mass is 268 g/mol. The fourth-order valence-electron chi connectivity index (χ4n) is 1.41. The second kappa shape index (κ2) is 4.95.